The van der Waals surface area contributed by atoms with E-state index in [4.69, 9.17) is 22.1 Å². The Bertz CT molecular complexity index is 744. The number of nitrogens with two attached hydrogens (primary N) is 1. The normalized spacial score (nSPS) is 13.1. The van der Waals surface area contributed by atoms with Crippen molar-refractivity contribution in [2.24, 2.45) is 0 Å². The molecule has 1 aromatic heterocycles. The number of amides is 2. The number of hydrogen-bond acceptors (Lipinski definition) is 6. The number of benzene rings is 1. The lowest BCUT2D eigenvalue weighted by molar-refractivity contribution is -0.118. The number of aromatic amines is 1. The zero-order valence-electron chi connectivity index (χ0n) is 10.4. The summed E-state index contributed by atoms with van der Waals surface area (Å²) in [5.74, 6) is -0.502. The van der Waals surface area contributed by atoms with Gasteiger partial charge in [-0.25, -0.2) is 0 Å². The molecule has 3 rings (SSSR count). The van der Waals surface area contributed by atoms with E-state index in [2.05, 4.69) is 25.8 Å². The maximum Gasteiger partial charge on any atom is 0.293 e. The first-order valence-corrected chi connectivity index (χ1v) is 6.16. The fourth-order valence-electron chi connectivity index (χ4n) is 1.75. The molecule has 0 radical (unpaired) electrons. The largest absolute Gasteiger partial charge is 0.482 e. The molecule has 21 heavy (non-hydrogen) atoms. The Balaban J connectivity index is 1.86. The number of carbonyl (C=O) groups is 2. The summed E-state index contributed by atoms with van der Waals surface area (Å²) in [4.78, 5) is 26.8. The summed E-state index contributed by atoms with van der Waals surface area (Å²) in [6, 6.07) is 2.99. The van der Waals surface area contributed by atoms with Gasteiger partial charge in [0, 0.05) is 6.07 Å². The number of halogens is 1. The summed E-state index contributed by atoms with van der Waals surface area (Å²) in [6.07, 6.45) is 0. The van der Waals surface area contributed by atoms with E-state index in [0.717, 1.165) is 0 Å². The van der Waals surface area contributed by atoms with Gasteiger partial charge in [0.1, 0.15) is 5.75 Å². The monoisotopic (exact) mass is 308 g/mol. The van der Waals surface area contributed by atoms with Crippen molar-refractivity contribution in [1.29, 1.82) is 0 Å². The summed E-state index contributed by atoms with van der Waals surface area (Å²) in [7, 11) is 0. The molecule has 10 heteroatoms. The van der Waals surface area contributed by atoms with Crippen molar-refractivity contribution in [3.8, 4) is 5.75 Å². The van der Waals surface area contributed by atoms with E-state index in [1.807, 2.05) is 0 Å². The van der Waals surface area contributed by atoms with Gasteiger partial charge in [0.25, 0.3) is 11.8 Å². The van der Waals surface area contributed by atoms with Crippen LogP contribution in [0.15, 0.2) is 12.1 Å². The molecule has 0 fully saturated rings. The first-order valence-electron chi connectivity index (χ1n) is 5.78. The van der Waals surface area contributed by atoms with Crippen molar-refractivity contribution in [3.05, 3.63) is 23.0 Å². The van der Waals surface area contributed by atoms with E-state index >= 15 is 0 Å². The van der Waals surface area contributed by atoms with Gasteiger partial charge in [-0.15, -0.1) is 5.10 Å². The minimum absolute atomic E-state index is 0.0391. The standard InChI is InChI=1S/C11H9ClN6O3/c12-4-1-6-7(21-3-8(19)14-6)2-5(4)15-10(20)9-16-11(13)18-17-9/h1-2H,3H2,(H,14,19)(H,15,20)(H3,13,16,17,18). The second kappa shape index (κ2) is 4.94. The third-order valence-electron chi connectivity index (χ3n) is 2.67. The Morgan fingerprint density at radius 3 is 3.00 bits per heavy atom. The van der Waals surface area contributed by atoms with E-state index < -0.39 is 5.91 Å². The molecule has 5 N–H and O–H groups in total. The average molecular weight is 309 g/mol. The summed E-state index contributed by atoms with van der Waals surface area (Å²) < 4.78 is 5.25. The lowest BCUT2D eigenvalue weighted by Gasteiger charge is -2.19. The lowest BCUT2D eigenvalue weighted by Crippen LogP contribution is -2.25. The molecule has 1 aliphatic heterocycles. The molecule has 0 bridgehead atoms. The van der Waals surface area contributed by atoms with Gasteiger partial charge in [-0.2, -0.15) is 4.98 Å². The first kappa shape index (κ1) is 13.2. The van der Waals surface area contributed by atoms with Gasteiger partial charge in [-0.3, -0.25) is 14.7 Å². The highest BCUT2D eigenvalue weighted by molar-refractivity contribution is 6.34. The van der Waals surface area contributed by atoms with E-state index in [0.29, 0.717) is 17.1 Å². The van der Waals surface area contributed by atoms with E-state index in [1.165, 1.54) is 12.1 Å². The van der Waals surface area contributed by atoms with E-state index in [-0.39, 0.29) is 29.3 Å². The average Bonchev–Trinajstić information content (AvgIpc) is 2.86. The minimum atomic E-state index is -0.555. The SMILES string of the molecule is Nc1n[nH]c(C(=O)Nc2cc3c(cc2Cl)NC(=O)CO3)n1. The summed E-state index contributed by atoms with van der Waals surface area (Å²) in [5.41, 5.74) is 6.08. The van der Waals surface area contributed by atoms with E-state index in [1.54, 1.807) is 0 Å². The fraction of sp³-hybridized carbons (Fsp3) is 0.0909. The van der Waals surface area contributed by atoms with E-state index in [9.17, 15) is 9.59 Å². The van der Waals surface area contributed by atoms with Crippen LogP contribution in [0.5, 0.6) is 5.75 Å². The van der Waals surface area contributed by atoms with Crippen LogP contribution in [0.1, 0.15) is 10.6 Å². The number of anilines is 3. The van der Waals surface area contributed by atoms with Crippen molar-refractivity contribution in [2.45, 2.75) is 0 Å². The number of nitrogens with one attached hydrogen (secondary N) is 3. The van der Waals surface area contributed by atoms with Crippen LogP contribution < -0.4 is 21.1 Å². The highest BCUT2D eigenvalue weighted by atomic mass is 35.5. The minimum Gasteiger partial charge on any atom is -0.482 e. The van der Waals surface area contributed by atoms with Crippen molar-refractivity contribution in [1.82, 2.24) is 15.2 Å². The third kappa shape index (κ3) is 2.58. The van der Waals surface area contributed by atoms with Crippen LogP contribution in [0.4, 0.5) is 17.3 Å². The maximum atomic E-state index is 11.9. The number of ether oxygens (including phenoxy) is 1. The van der Waals surface area contributed by atoms with Crippen LogP contribution in [0.25, 0.3) is 0 Å². The van der Waals surface area contributed by atoms with Crippen molar-refractivity contribution in [2.75, 3.05) is 23.0 Å². The predicted octanol–water partition coefficient (Wildman–Crippen LogP) is 0.623. The molecule has 1 aliphatic rings. The smallest absolute Gasteiger partial charge is 0.293 e. The van der Waals surface area contributed by atoms with Gasteiger partial charge in [0.15, 0.2) is 6.61 Å². The summed E-state index contributed by atoms with van der Waals surface area (Å²) >= 11 is 6.05. The van der Waals surface area contributed by atoms with Crippen LogP contribution in [0.3, 0.4) is 0 Å². The summed E-state index contributed by atoms with van der Waals surface area (Å²) in [5, 5.41) is 11.3. The van der Waals surface area contributed by atoms with Crippen LogP contribution in [-0.4, -0.2) is 33.6 Å². The molecule has 2 aromatic rings. The van der Waals surface area contributed by atoms with Gasteiger partial charge in [0.05, 0.1) is 16.4 Å². The Morgan fingerprint density at radius 2 is 2.29 bits per heavy atom. The third-order valence-corrected chi connectivity index (χ3v) is 2.98. The Hall–Kier alpha value is -2.81. The molecular formula is C11H9ClN6O3. The number of fused-ring (bicyclic) bond motifs is 1. The number of aromatic nitrogens is 3. The number of nitrogen functional groups attached to an aromatic ring is 1. The topological polar surface area (TPSA) is 135 Å². The zero-order valence-corrected chi connectivity index (χ0v) is 11.2. The molecule has 0 spiro atoms. The Kier molecular flexibility index (Phi) is 3.10. The molecule has 2 amide bonds. The van der Waals surface area contributed by atoms with Gasteiger partial charge in [-0.1, -0.05) is 11.6 Å². The molecule has 0 aliphatic carbocycles. The molecule has 9 nitrogen and oxygen atoms in total. The molecule has 1 aromatic carbocycles. The predicted molar refractivity (Wildman–Crippen MR) is 74.3 cm³/mol. The van der Waals surface area contributed by atoms with Gasteiger partial charge in [0.2, 0.25) is 11.8 Å². The molecule has 108 valence electrons. The summed E-state index contributed by atoms with van der Waals surface area (Å²) in [6.45, 7) is -0.0966. The Labute approximate surface area is 122 Å². The highest BCUT2D eigenvalue weighted by Crippen LogP contribution is 2.36. The highest BCUT2D eigenvalue weighted by Gasteiger charge is 2.20. The molecule has 0 saturated carbocycles. The second-order valence-corrected chi connectivity index (χ2v) is 4.57. The van der Waals surface area contributed by atoms with Crippen molar-refractivity contribution >= 4 is 40.7 Å². The van der Waals surface area contributed by atoms with Gasteiger partial charge in [-0.05, 0) is 6.07 Å². The van der Waals surface area contributed by atoms with Gasteiger partial charge < -0.3 is 21.1 Å². The molecule has 0 saturated heterocycles. The van der Waals surface area contributed by atoms with Gasteiger partial charge >= 0.3 is 0 Å². The Morgan fingerprint density at radius 1 is 1.48 bits per heavy atom. The maximum absolute atomic E-state index is 11.9. The van der Waals surface area contributed by atoms with Crippen LogP contribution in [0, 0.1) is 0 Å². The lowest BCUT2D eigenvalue weighted by atomic mass is 10.2. The van der Waals surface area contributed by atoms with Crippen molar-refractivity contribution < 1.29 is 14.3 Å². The number of hydrogen-bond donors (Lipinski definition) is 4. The zero-order chi connectivity index (χ0) is 15.0. The second-order valence-electron chi connectivity index (χ2n) is 4.16. The number of rotatable bonds is 2. The number of H-pyrrole nitrogens is 1. The first-order chi connectivity index (χ1) is 10.0. The molecule has 0 unspecified atom stereocenters. The van der Waals surface area contributed by atoms with Crippen LogP contribution >= 0.6 is 11.6 Å². The molecule has 0 atom stereocenters. The van der Waals surface area contributed by atoms with Crippen molar-refractivity contribution in [3.63, 3.8) is 0 Å². The number of carbonyl (C=O) groups excluding carboxylic acids is 2. The number of nitrogens with zero attached hydrogens (tertiary/aromatic N) is 2. The fourth-order valence-corrected chi connectivity index (χ4v) is 1.96. The van der Waals surface area contributed by atoms with Crippen LogP contribution in [-0.2, 0) is 4.79 Å². The van der Waals surface area contributed by atoms with Crippen LogP contribution in [0.2, 0.25) is 5.02 Å². The molecule has 2 heterocycles. The quantitative estimate of drug-likeness (QED) is 0.642. The molecular weight excluding hydrogens is 300 g/mol.